The van der Waals surface area contributed by atoms with Gasteiger partial charge < -0.3 is 9.94 Å². The largest absolute Gasteiger partial charge is 0.412 e. The molecule has 0 spiro atoms. The van der Waals surface area contributed by atoms with E-state index in [1.165, 1.54) is 0 Å². The summed E-state index contributed by atoms with van der Waals surface area (Å²) in [6.07, 6.45) is 3.48. The van der Waals surface area contributed by atoms with Crippen molar-refractivity contribution in [2.24, 2.45) is 5.90 Å². The lowest BCUT2D eigenvalue weighted by atomic mass is 10.2. The number of hydrogen-bond acceptors (Lipinski definition) is 3. The van der Waals surface area contributed by atoms with E-state index in [0.29, 0.717) is 5.75 Å². The van der Waals surface area contributed by atoms with Crippen molar-refractivity contribution in [3.63, 3.8) is 0 Å². The molecule has 0 unspecified atom stereocenters. The second-order valence-electron chi connectivity index (χ2n) is 2.27. The smallest absolute Gasteiger partial charge is 0.146 e. The van der Waals surface area contributed by atoms with E-state index in [-0.39, 0.29) is 6.61 Å². The minimum atomic E-state index is 0.0507. The molecule has 12 heavy (non-hydrogen) atoms. The average molecular weight is 165 g/mol. The number of rotatable bonds is 3. The summed E-state index contributed by atoms with van der Waals surface area (Å²) in [5.74, 6) is 5.56. The lowest BCUT2D eigenvalue weighted by molar-refractivity contribution is 0.334. The van der Waals surface area contributed by atoms with E-state index in [1.807, 2.05) is 18.2 Å². The van der Waals surface area contributed by atoms with E-state index in [2.05, 4.69) is 4.84 Å². The molecule has 0 aromatic heterocycles. The highest BCUT2D eigenvalue weighted by Gasteiger charge is 1.89. The lowest BCUT2D eigenvalue weighted by Crippen LogP contribution is -2.00. The highest BCUT2D eigenvalue weighted by Crippen LogP contribution is 2.11. The first-order valence-electron chi connectivity index (χ1n) is 3.61. The molecular weight excluding hydrogens is 154 g/mol. The molecule has 3 heteroatoms. The van der Waals surface area contributed by atoms with E-state index < -0.39 is 0 Å². The van der Waals surface area contributed by atoms with Crippen LogP contribution >= 0.6 is 0 Å². The van der Waals surface area contributed by atoms with Crippen molar-refractivity contribution in [3.8, 4) is 5.75 Å². The maximum atomic E-state index is 8.50. The monoisotopic (exact) mass is 165 g/mol. The van der Waals surface area contributed by atoms with E-state index in [1.54, 1.807) is 18.2 Å². The third kappa shape index (κ3) is 2.38. The molecule has 0 fully saturated rings. The molecular formula is C9H11NO2. The van der Waals surface area contributed by atoms with Crippen molar-refractivity contribution in [1.29, 1.82) is 0 Å². The first-order valence-corrected chi connectivity index (χ1v) is 3.61. The van der Waals surface area contributed by atoms with Gasteiger partial charge in [0.2, 0.25) is 0 Å². The molecule has 0 atom stereocenters. The number of benzene rings is 1. The fourth-order valence-corrected chi connectivity index (χ4v) is 0.846. The zero-order chi connectivity index (χ0) is 8.81. The third-order valence-corrected chi connectivity index (χ3v) is 1.43. The molecule has 0 saturated carbocycles. The summed E-state index contributed by atoms with van der Waals surface area (Å²) in [6.45, 7) is 0.0507. The fraction of sp³-hybridized carbons (Fsp3) is 0.111. The van der Waals surface area contributed by atoms with Gasteiger partial charge in [0.1, 0.15) is 5.75 Å². The first-order chi connectivity index (χ1) is 5.86. The Bertz CT molecular complexity index is 254. The number of aliphatic hydroxyl groups excluding tert-OH is 1. The quantitative estimate of drug-likeness (QED) is 0.655. The summed E-state index contributed by atoms with van der Waals surface area (Å²) in [7, 11) is 0. The molecule has 0 heterocycles. The Morgan fingerprint density at radius 3 is 2.50 bits per heavy atom. The van der Waals surface area contributed by atoms with Crippen molar-refractivity contribution in [1.82, 2.24) is 0 Å². The Kier molecular flexibility index (Phi) is 3.32. The molecule has 0 radical (unpaired) electrons. The second kappa shape index (κ2) is 4.54. The Labute approximate surface area is 71.0 Å². The Hall–Kier alpha value is -1.32. The predicted molar refractivity (Wildman–Crippen MR) is 47.4 cm³/mol. The average Bonchev–Trinajstić information content (AvgIpc) is 2.15. The zero-order valence-corrected chi connectivity index (χ0v) is 6.60. The summed E-state index contributed by atoms with van der Waals surface area (Å²) in [4.78, 5) is 4.50. The van der Waals surface area contributed by atoms with Gasteiger partial charge in [0.05, 0.1) is 6.61 Å². The van der Waals surface area contributed by atoms with Gasteiger partial charge in [-0.05, 0) is 17.7 Å². The summed E-state index contributed by atoms with van der Waals surface area (Å²) >= 11 is 0. The van der Waals surface area contributed by atoms with E-state index in [4.69, 9.17) is 11.0 Å². The van der Waals surface area contributed by atoms with E-state index in [0.717, 1.165) is 5.56 Å². The van der Waals surface area contributed by atoms with Crippen LogP contribution < -0.4 is 10.7 Å². The van der Waals surface area contributed by atoms with Gasteiger partial charge in [-0.15, -0.1) is 0 Å². The summed E-state index contributed by atoms with van der Waals surface area (Å²) in [5, 5.41) is 8.50. The van der Waals surface area contributed by atoms with Crippen LogP contribution in [0.3, 0.4) is 0 Å². The molecule has 0 aliphatic rings. The van der Waals surface area contributed by atoms with Crippen LogP contribution in [0.5, 0.6) is 5.75 Å². The number of hydrogen-bond donors (Lipinski definition) is 2. The Morgan fingerprint density at radius 2 is 2.00 bits per heavy atom. The first kappa shape index (κ1) is 8.77. The molecule has 1 rings (SSSR count). The molecule has 64 valence electrons. The highest BCUT2D eigenvalue weighted by atomic mass is 16.6. The maximum Gasteiger partial charge on any atom is 0.146 e. The molecule has 3 nitrogen and oxygen atoms in total. The van der Waals surface area contributed by atoms with Gasteiger partial charge in [-0.25, -0.2) is 0 Å². The van der Waals surface area contributed by atoms with Gasteiger partial charge in [0.25, 0.3) is 0 Å². The van der Waals surface area contributed by atoms with Gasteiger partial charge in [-0.3, -0.25) is 0 Å². The molecule has 1 aromatic carbocycles. The number of aliphatic hydroxyl groups is 1. The van der Waals surface area contributed by atoms with Gasteiger partial charge in [-0.2, -0.15) is 5.90 Å². The van der Waals surface area contributed by atoms with Gasteiger partial charge >= 0.3 is 0 Å². The molecule has 0 aliphatic heterocycles. The van der Waals surface area contributed by atoms with Gasteiger partial charge in [0, 0.05) is 0 Å². The Morgan fingerprint density at radius 1 is 1.33 bits per heavy atom. The SMILES string of the molecule is NOc1ccc(/C=C/CO)cc1. The van der Waals surface area contributed by atoms with Crippen LogP contribution in [0.25, 0.3) is 6.08 Å². The summed E-state index contributed by atoms with van der Waals surface area (Å²) in [6, 6.07) is 7.23. The standard InChI is InChI=1S/C9H11NO2/c10-12-9-5-3-8(4-6-9)2-1-7-11/h1-6,11H,7,10H2/b2-1+. The van der Waals surface area contributed by atoms with Crippen molar-refractivity contribution in [3.05, 3.63) is 35.9 Å². The van der Waals surface area contributed by atoms with Crippen molar-refractivity contribution >= 4 is 6.08 Å². The maximum absolute atomic E-state index is 8.50. The van der Waals surface area contributed by atoms with Crippen LogP contribution in [0, 0.1) is 0 Å². The topological polar surface area (TPSA) is 55.5 Å². The molecule has 0 aliphatic carbocycles. The van der Waals surface area contributed by atoms with E-state index >= 15 is 0 Å². The highest BCUT2D eigenvalue weighted by molar-refractivity contribution is 5.50. The van der Waals surface area contributed by atoms with Crippen molar-refractivity contribution < 1.29 is 9.94 Å². The van der Waals surface area contributed by atoms with Crippen LogP contribution in [-0.2, 0) is 0 Å². The fourth-order valence-electron chi connectivity index (χ4n) is 0.846. The second-order valence-corrected chi connectivity index (χ2v) is 2.27. The van der Waals surface area contributed by atoms with Gasteiger partial charge in [-0.1, -0.05) is 24.3 Å². The molecule has 0 saturated heterocycles. The Balaban J connectivity index is 2.71. The summed E-state index contributed by atoms with van der Waals surface area (Å²) in [5.41, 5.74) is 1.00. The van der Waals surface area contributed by atoms with Crippen LogP contribution in [0.1, 0.15) is 5.56 Å². The molecule has 1 aromatic rings. The van der Waals surface area contributed by atoms with Crippen LogP contribution in [0.2, 0.25) is 0 Å². The molecule has 3 N–H and O–H groups in total. The van der Waals surface area contributed by atoms with Crippen LogP contribution in [0.15, 0.2) is 30.3 Å². The minimum absolute atomic E-state index is 0.0507. The zero-order valence-electron chi connectivity index (χ0n) is 6.60. The van der Waals surface area contributed by atoms with E-state index in [9.17, 15) is 0 Å². The van der Waals surface area contributed by atoms with Gasteiger partial charge in [0.15, 0.2) is 0 Å². The molecule has 0 bridgehead atoms. The summed E-state index contributed by atoms with van der Waals surface area (Å²) < 4.78 is 0. The van der Waals surface area contributed by atoms with Crippen LogP contribution in [0.4, 0.5) is 0 Å². The normalized spacial score (nSPS) is 10.5. The predicted octanol–water partition coefficient (Wildman–Crippen LogP) is 0.945. The molecule has 0 amide bonds. The lowest BCUT2D eigenvalue weighted by Gasteiger charge is -1.97. The number of nitrogens with two attached hydrogens (primary N) is 1. The van der Waals surface area contributed by atoms with Crippen LogP contribution in [-0.4, -0.2) is 11.7 Å². The van der Waals surface area contributed by atoms with Crippen molar-refractivity contribution in [2.45, 2.75) is 0 Å². The third-order valence-electron chi connectivity index (χ3n) is 1.43. The van der Waals surface area contributed by atoms with Crippen molar-refractivity contribution in [2.75, 3.05) is 6.61 Å². The minimum Gasteiger partial charge on any atom is -0.412 e.